The summed E-state index contributed by atoms with van der Waals surface area (Å²) < 4.78 is 2.39. The average Bonchev–Trinajstić information content (AvgIpc) is 3.01. The second-order valence-electron chi connectivity index (χ2n) is 6.88. The Hall–Kier alpha value is -2.48. The minimum absolute atomic E-state index is 0.393. The monoisotopic (exact) mass is 300 g/mol. The van der Waals surface area contributed by atoms with Crippen molar-refractivity contribution < 1.29 is 0 Å². The van der Waals surface area contributed by atoms with Gasteiger partial charge < -0.3 is 9.47 Å². The van der Waals surface area contributed by atoms with Gasteiger partial charge in [0.2, 0.25) is 0 Å². The summed E-state index contributed by atoms with van der Waals surface area (Å²) in [5.41, 5.74) is 8.33. The molecule has 2 heteroatoms. The van der Waals surface area contributed by atoms with Crippen molar-refractivity contribution in [1.29, 1.82) is 0 Å². The SMILES string of the molecule is Cc1ccc2c(c1)C1C=Cc3c(n(C)c4ccccc34)C1N2C. The van der Waals surface area contributed by atoms with Crippen LogP contribution in [-0.2, 0) is 7.05 Å². The van der Waals surface area contributed by atoms with E-state index in [9.17, 15) is 0 Å². The Morgan fingerprint density at radius 2 is 1.83 bits per heavy atom. The van der Waals surface area contributed by atoms with Crippen LogP contribution in [0.15, 0.2) is 48.5 Å². The Morgan fingerprint density at radius 3 is 2.70 bits per heavy atom. The number of nitrogens with zero attached hydrogens (tertiary/aromatic N) is 2. The molecule has 0 bridgehead atoms. The fourth-order valence-corrected chi connectivity index (χ4v) is 4.56. The normalized spacial score (nSPS) is 21.4. The summed E-state index contributed by atoms with van der Waals surface area (Å²) in [4.78, 5) is 2.46. The lowest BCUT2D eigenvalue weighted by Gasteiger charge is -2.29. The summed E-state index contributed by atoms with van der Waals surface area (Å²) in [6, 6.07) is 16.0. The molecule has 1 aromatic heterocycles. The lowest BCUT2D eigenvalue weighted by molar-refractivity contribution is 0.605. The summed E-state index contributed by atoms with van der Waals surface area (Å²) in [6.07, 6.45) is 4.74. The molecule has 0 spiro atoms. The van der Waals surface area contributed by atoms with E-state index in [0.717, 1.165) is 0 Å². The van der Waals surface area contributed by atoms with Crippen LogP contribution in [0, 0.1) is 6.92 Å². The van der Waals surface area contributed by atoms with Crippen LogP contribution >= 0.6 is 0 Å². The van der Waals surface area contributed by atoms with Crippen LogP contribution in [0.5, 0.6) is 0 Å². The van der Waals surface area contributed by atoms with Crippen LogP contribution in [0.3, 0.4) is 0 Å². The molecule has 0 N–H and O–H groups in total. The molecule has 2 aliphatic rings. The number of rotatable bonds is 0. The lowest BCUT2D eigenvalue weighted by Crippen LogP contribution is -2.25. The lowest BCUT2D eigenvalue weighted by atomic mass is 9.86. The predicted molar refractivity (Wildman–Crippen MR) is 97.0 cm³/mol. The highest BCUT2D eigenvalue weighted by Gasteiger charge is 2.41. The molecule has 2 atom stereocenters. The molecular formula is C21H20N2. The van der Waals surface area contributed by atoms with E-state index in [-0.39, 0.29) is 0 Å². The molecule has 114 valence electrons. The zero-order valence-corrected chi connectivity index (χ0v) is 13.7. The molecule has 2 aromatic carbocycles. The number of hydrogen-bond donors (Lipinski definition) is 0. The smallest absolute Gasteiger partial charge is 0.0800 e. The highest BCUT2D eigenvalue weighted by atomic mass is 15.2. The Labute approximate surface area is 136 Å². The maximum Gasteiger partial charge on any atom is 0.0800 e. The number of aryl methyl sites for hydroxylation is 2. The summed E-state index contributed by atoms with van der Waals surface area (Å²) in [7, 11) is 4.44. The fraction of sp³-hybridized carbons (Fsp3) is 0.238. The predicted octanol–water partition coefficient (Wildman–Crippen LogP) is 4.79. The first-order valence-electron chi connectivity index (χ1n) is 8.25. The van der Waals surface area contributed by atoms with Gasteiger partial charge in [-0.3, -0.25) is 0 Å². The molecular weight excluding hydrogens is 280 g/mol. The van der Waals surface area contributed by atoms with E-state index in [1.54, 1.807) is 0 Å². The van der Waals surface area contributed by atoms with Gasteiger partial charge in [0.25, 0.3) is 0 Å². The van der Waals surface area contributed by atoms with E-state index in [0.29, 0.717) is 12.0 Å². The Bertz CT molecular complexity index is 977. The van der Waals surface area contributed by atoms with E-state index in [1.807, 2.05) is 0 Å². The maximum absolute atomic E-state index is 2.46. The molecule has 0 saturated heterocycles. The van der Waals surface area contributed by atoms with Crippen LogP contribution in [0.1, 0.15) is 34.3 Å². The van der Waals surface area contributed by atoms with Gasteiger partial charge in [0.15, 0.2) is 0 Å². The van der Waals surface area contributed by atoms with Gasteiger partial charge in [-0.25, -0.2) is 0 Å². The molecule has 2 unspecified atom stereocenters. The van der Waals surface area contributed by atoms with Crippen LogP contribution < -0.4 is 4.90 Å². The van der Waals surface area contributed by atoms with Gasteiger partial charge in [-0.1, -0.05) is 48.0 Å². The van der Waals surface area contributed by atoms with Crippen molar-refractivity contribution in [3.63, 3.8) is 0 Å². The fourth-order valence-electron chi connectivity index (χ4n) is 4.56. The zero-order valence-electron chi connectivity index (χ0n) is 13.7. The van der Waals surface area contributed by atoms with Gasteiger partial charge in [0.1, 0.15) is 0 Å². The third-order valence-corrected chi connectivity index (χ3v) is 5.62. The molecule has 23 heavy (non-hydrogen) atoms. The number of fused-ring (bicyclic) bond motifs is 7. The topological polar surface area (TPSA) is 8.17 Å². The molecule has 2 heterocycles. The van der Waals surface area contributed by atoms with Crippen LogP contribution in [0.4, 0.5) is 5.69 Å². The molecule has 1 aliphatic heterocycles. The molecule has 3 aromatic rings. The van der Waals surface area contributed by atoms with E-state index in [2.05, 4.69) is 85.1 Å². The second-order valence-corrected chi connectivity index (χ2v) is 6.88. The van der Waals surface area contributed by atoms with Crippen molar-refractivity contribution in [2.24, 2.45) is 7.05 Å². The van der Waals surface area contributed by atoms with E-state index >= 15 is 0 Å². The van der Waals surface area contributed by atoms with Crippen molar-refractivity contribution in [3.8, 4) is 0 Å². The summed E-state index contributed by atoms with van der Waals surface area (Å²) in [5.74, 6) is 0.449. The van der Waals surface area contributed by atoms with Crippen LogP contribution in [0.25, 0.3) is 17.0 Å². The molecule has 0 amide bonds. The molecule has 0 saturated carbocycles. The Balaban J connectivity index is 1.80. The highest BCUT2D eigenvalue weighted by molar-refractivity contribution is 5.93. The van der Waals surface area contributed by atoms with Gasteiger partial charge in [0, 0.05) is 47.9 Å². The van der Waals surface area contributed by atoms with Gasteiger partial charge in [-0.2, -0.15) is 0 Å². The first kappa shape index (κ1) is 13.0. The first-order chi connectivity index (χ1) is 11.2. The average molecular weight is 300 g/mol. The molecule has 0 fully saturated rings. The van der Waals surface area contributed by atoms with Crippen LogP contribution in [0.2, 0.25) is 0 Å². The van der Waals surface area contributed by atoms with Crippen molar-refractivity contribution in [2.45, 2.75) is 18.9 Å². The third kappa shape index (κ3) is 1.53. The van der Waals surface area contributed by atoms with Gasteiger partial charge >= 0.3 is 0 Å². The maximum atomic E-state index is 2.46. The minimum atomic E-state index is 0.393. The quantitative estimate of drug-likeness (QED) is 0.579. The number of likely N-dealkylation sites (N-methyl/N-ethyl adjacent to an activating group) is 1. The van der Waals surface area contributed by atoms with E-state index in [4.69, 9.17) is 0 Å². The number of benzene rings is 2. The van der Waals surface area contributed by atoms with Gasteiger partial charge in [-0.15, -0.1) is 0 Å². The van der Waals surface area contributed by atoms with Crippen molar-refractivity contribution in [2.75, 3.05) is 11.9 Å². The zero-order chi connectivity index (χ0) is 15.7. The largest absolute Gasteiger partial charge is 0.365 e. The summed E-state index contributed by atoms with van der Waals surface area (Å²) in [5, 5.41) is 1.36. The molecule has 2 nitrogen and oxygen atoms in total. The standard InChI is InChI=1S/C21H20N2/c1-13-8-11-19-17(12-13)16-10-9-15-14-6-4-5-7-18(14)22(2)20(15)21(16)23(19)3/h4-12,16,21H,1-3H3. The summed E-state index contributed by atoms with van der Waals surface area (Å²) in [6.45, 7) is 2.18. The van der Waals surface area contributed by atoms with E-state index < -0.39 is 0 Å². The highest BCUT2D eigenvalue weighted by Crippen LogP contribution is 2.53. The van der Waals surface area contributed by atoms with Crippen LogP contribution in [-0.4, -0.2) is 11.6 Å². The first-order valence-corrected chi connectivity index (χ1v) is 8.25. The minimum Gasteiger partial charge on any atom is -0.365 e. The number of hydrogen-bond acceptors (Lipinski definition) is 1. The Kier molecular flexibility index (Phi) is 2.42. The molecule has 0 radical (unpaired) electrons. The van der Waals surface area contributed by atoms with Gasteiger partial charge in [-0.05, 0) is 24.6 Å². The molecule has 5 rings (SSSR count). The van der Waals surface area contributed by atoms with Crippen molar-refractivity contribution >= 4 is 22.7 Å². The number of para-hydroxylation sites is 1. The van der Waals surface area contributed by atoms with Gasteiger partial charge in [0.05, 0.1) is 6.04 Å². The third-order valence-electron chi connectivity index (χ3n) is 5.62. The van der Waals surface area contributed by atoms with Crippen molar-refractivity contribution in [3.05, 3.63) is 70.9 Å². The number of anilines is 1. The number of aromatic nitrogens is 1. The Morgan fingerprint density at radius 1 is 1.00 bits per heavy atom. The van der Waals surface area contributed by atoms with Crippen molar-refractivity contribution in [1.82, 2.24) is 4.57 Å². The second kappa shape index (κ2) is 4.29. The molecule has 1 aliphatic carbocycles. The van der Waals surface area contributed by atoms with E-state index in [1.165, 1.54) is 39.0 Å². The summed E-state index contributed by atoms with van der Waals surface area (Å²) >= 11 is 0.